The van der Waals surface area contributed by atoms with Gasteiger partial charge in [-0.05, 0) is 25.3 Å². The summed E-state index contributed by atoms with van der Waals surface area (Å²) < 4.78 is 0. The van der Waals surface area contributed by atoms with Gasteiger partial charge in [0.2, 0.25) is 0 Å². The zero-order valence-electron chi connectivity index (χ0n) is 12.7. The van der Waals surface area contributed by atoms with Gasteiger partial charge in [-0.3, -0.25) is 10.1 Å². The number of carbonyl (C=O) groups excluding carboxylic acids is 2. The molecule has 0 aliphatic heterocycles. The minimum absolute atomic E-state index is 0.235. The number of amides is 3. The molecule has 0 bridgehead atoms. The Kier molecular flexibility index (Phi) is 5.33. The first kappa shape index (κ1) is 15.5. The van der Waals surface area contributed by atoms with E-state index in [1.54, 1.807) is 0 Å². The largest absolute Gasteiger partial charge is 0.338 e. The molecule has 0 saturated carbocycles. The smallest absolute Gasteiger partial charge is 0.321 e. The summed E-state index contributed by atoms with van der Waals surface area (Å²) in [5, 5.41) is 4.93. The average Bonchev–Trinajstić information content (AvgIpc) is 2.46. The van der Waals surface area contributed by atoms with Crippen molar-refractivity contribution in [2.75, 3.05) is 20.1 Å². The highest BCUT2D eigenvalue weighted by molar-refractivity contribution is 5.94. The number of quaternary nitrogens is 1. The highest BCUT2D eigenvalue weighted by Crippen LogP contribution is 2.27. The van der Waals surface area contributed by atoms with Gasteiger partial charge in [0.25, 0.3) is 5.91 Å². The normalized spacial score (nSPS) is 18.5. The van der Waals surface area contributed by atoms with Crippen LogP contribution in [-0.4, -0.2) is 32.1 Å². The van der Waals surface area contributed by atoms with Crippen molar-refractivity contribution in [2.24, 2.45) is 0 Å². The summed E-state index contributed by atoms with van der Waals surface area (Å²) >= 11 is 0. The topological polar surface area (TPSA) is 62.6 Å². The van der Waals surface area contributed by atoms with Crippen LogP contribution in [-0.2, 0) is 11.2 Å². The number of fused-ring (bicyclic) bond motifs is 1. The van der Waals surface area contributed by atoms with Crippen LogP contribution < -0.4 is 15.5 Å². The summed E-state index contributed by atoms with van der Waals surface area (Å²) in [4.78, 5) is 24.4. The van der Waals surface area contributed by atoms with E-state index in [4.69, 9.17) is 0 Å². The number of aryl methyl sites for hydroxylation is 1. The van der Waals surface area contributed by atoms with Crippen molar-refractivity contribution >= 4 is 11.9 Å². The highest BCUT2D eigenvalue weighted by atomic mass is 16.2. The number of hydrogen-bond donors (Lipinski definition) is 3. The summed E-state index contributed by atoms with van der Waals surface area (Å²) in [5.41, 5.74) is 2.73. The van der Waals surface area contributed by atoms with Crippen LogP contribution in [0.4, 0.5) is 4.79 Å². The molecular weight excluding hydrogens is 266 g/mol. The van der Waals surface area contributed by atoms with E-state index < -0.39 is 6.03 Å². The quantitative estimate of drug-likeness (QED) is 0.753. The number of likely N-dealkylation sites (N-methyl/N-ethyl adjacent to an activating group) is 1. The zero-order chi connectivity index (χ0) is 15.2. The number of nitrogens with one attached hydrogen (secondary N) is 3. The molecule has 5 heteroatoms. The van der Waals surface area contributed by atoms with Crippen LogP contribution in [0.5, 0.6) is 0 Å². The Morgan fingerprint density at radius 3 is 2.86 bits per heavy atom. The summed E-state index contributed by atoms with van der Waals surface area (Å²) in [7, 11) is 2.02. The molecule has 3 amide bonds. The van der Waals surface area contributed by atoms with E-state index in [9.17, 15) is 9.59 Å². The summed E-state index contributed by atoms with van der Waals surface area (Å²) in [6.45, 7) is 2.63. The molecule has 1 aliphatic rings. The van der Waals surface area contributed by atoms with Crippen LogP contribution in [0.25, 0.3) is 0 Å². The molecule has 2 atom stereocenters. The van der Waals surface area contributed by atoms with Gasteiger partial charge in [-0.15, -0.1) is 0 Å². The molecule has 0 radical (unpaired) electrons. The van der Waals surface area contributed by atoms with E-state index in [0.29, 0.717) is 19.1 Å². The number of hydrogen-bond acceptors (Lipinski definition) is 2. The molecule has 1 aromatic rings. The van der Waals surface area contributed by atoms with Gasteiger partial charge in [-0.1, -0.05) is 24.3 Å². The molecule has 3 N–H and O–H groups in total. The lowest BCUT2D eigenvalue weighted by Crippen LogP contribution is -3.10. The summed E-state index contributed by atoms with van der Waals surface area (Å²) in [6.07, 6.45) is 3.35. The van der Waals surface area contributed by atoms with Crippen molar-refractivity contribution in [3.63, 3.8) is 0 Å². The fourth-order valence-corrected chi connectivity index (χ4v) is 3.02. The van der Waals surface area contributed by atoms with Crippen LogP contribution in [0, 0.1) is 0 Å². The molecule has 0 fully saturated rings. The lowest BCUT2D eigenvalue weighted by Gasteiger charge is -2.30. The van der Waals surface area contributed by atoms with Gasteiger partial charge < -0.3 is 10.2 Å². The lowest BCUT2D eigenvalue weighted by atomic mass is 9.87. The molecule has 0 aromatic heterocycles. The summed E-state index contributed by atoms with van der Waals surface area (Å²) in [6, 6.07) is 8.36. The van der Waals surface area contributed by atoms with Crippen LogP contribution in [0.3, 0.4) is 0 Å². The number of benzene rings is 1. The van der Waals surface area contributed by atoms with Crippen molar-refractivity contribution in [3.8, 4) is 0 Å². The Labute approximate surface area is 125 Å². The van der Waals surface area contributed by atoms with Crippen LogP contribution >= 0.6 is 0 Å². The van der Waals surface area contributed by atoms with Crippen molar-refractivity contribution in [1.29, 1.82) is 0 Å². The minimum atomic E-state index is -0.417. The molecule has 0 saturated heterocycles. The van der Waals surface area contributed by atoms with E-state index in [2.05, 4.69) is 34.9 Å². The lowest BCUT2D eigenvalue weighted by molar-refractivity contribution is -0.905. The van der Waals surface area contributed by atoms with Crippen molar-refractivity contribution in [2.45, 2.75) is 32.2 Å². The first-order chi connectivity index (χ1) is 10.1. The van der Waals surface area contributed by atoms with Crippen molar-refractivity contribution in [1.82, 2.24) is 10.6 Å². The van der Waals surface area contributed by atoms with Gasteiger partial charge in [-0.2, -0.15) is 0 Å². The molecule has 21 heavy (non-hydrogen) atoms. The zero-order valence-corrected chi connectivity index (χ0v) is 12.7. The fraction of sp³-hybridized carbons (Fsp3) is 0.500. The minimum Gasteiger partial charge on any atom is -0.338 e. The number of carbonyl (C=O) groups is 2. The van der Waals surface area contributed by atoms with Crippen molar-refractivity contribution in [3.05, 3.63) is 35.4 Å². The molecule has 1 aromatic carbocycles. The standard InChI is InChI=1S/C16H23N3O2/c1-3-17-16(21)18-15(20)11-19(2)14-10-6-8-12-7-4-5-9-13(12)14/h4-5,7,9,14H,3,6,8,10-11H2,1-2H3,(H2,17,18,20,21)/p+1/t14-/m1/s1. The second-order valence-corrected chi connectivity index (χ2v) is 5.57. The Hall–Kier alpha value is -1.88. The SMILES string of the molecule is CCNC(=O)NC(=O)C[NH+](C)[C@@H]1CCCc2ccccc21. The second kappa shape index (κ2) is 7.22. The van der Waals surface area contributed by atoms with Gasteiger partial charge in [0.1, 0.15) is 6.04 Å². The van der Waals surface area contributed by atoms with E-state index in [1.165, 1.54) is 11.1 Å². The number of urea groups is 1. The molecule has 2 rings (SSSR count). The second-order valence-electron chi connectivity index (χ2n) is 5.57. The third-order valence-corrected chi connectivity index (χ3v) is 3.99. The first-order valence-corrected chi connectivity index (χ1v) is 7.59. The average molecular weight is 290 g/mol. The maximum atomic E-state index is 11.9. The van der Waals surface area contributed by atoms with Crippen LogP contribution in [0.2, 0.25) is 0 Å². The fourth-order valence-electron chi connectivity index (χ4n) is 3.02. The van der Waals surface area contributed by atoms with Gasteiger partial charge >= 0.3 is 6.03 Å². The maximum Gasteiger partial charge on any atom is 0.321 e. The highest BCUT2D eigenvalue weighted by Gasteiger charge is 2.28. The molecule has 0 heterocycles. The van der Waals surface area contributed by atoms with Crippen LogP contribution in [0.15, 0.2) is 24.3 Å². The predicted octanol–water partition coefficient (Wildman–Crippen LogP) is 0.424. The monoisotopic (exact) mass is 290 g/mol. The number of rotatable bonds is 4. The van der Waals surface area contributed by atoms with E-state index in [-0.39, 0.29) is 5.91 Å². The molecule has 5 nitrogen and oxygen atoms in total. The van der Waals surface area contributed by atoms with Crippen LogP contribution in [0.1, 0.15) is 36.9 Å². The predicted molar refractivity (Wildman–Crippen MR) is 81.1 cm³/mol. The van der Waals surface area contributed by atoms with E-state index in [1.807, 2.05) is 14.0 Å². The molecule has 1 unspecified atom stereocenters. The molecule has 114 valence electrons. The molecule has 0 spiro atoms. The molecule has 1 aliphatic carbocycles. The number of imide groups is 1. The first-order valence-electron chi connectivity index (χ1n) is 7.59. The van der Waals surface area contributed by atoms with E-state index in [0.717, 1.165) is 24.2 Å². The van der Waals surface area contributed by atoms with Gasteiger partial charge in [-0.25, -0.2) is 4.79 Å². The third-order valence-electron chi connectivity index (χ3n) is 3.99. The Bertz CT molecular complexity index is 516. The van der Waals surface area contributed by atoms with Crippen molar-refractivity contribution < 1.29 is 14.5 Å². The Balaban J connectivity index is 1.96. The Morgan fingerprint density at radius 2 is 2.10 bits per heavy atom. The van der Waals surface area contributed by atoms with Gasteiger partial charge in [0, 0.05) is 18.5 Å². The molecular formula is C16H24N3O2+. The third kappa shape index (κ3) is 4.04. The van der Waals surface area contributed by atoms with Gasteiger partial charge in [0.05, 0.1) is 7.05 Å². The maximum absolute atomic E-state index is 11.9. The summed E-state index contributed by atoms with van der Waals surface area (Å²) in [5.74, 6) is -0.235. The van der Waals surface area contributed by atoms with E-state index >= 15 is 0 Å². The van der Waals surface area contributed by atoms with Gasteiger partial charge in [0.15, 0.2) is 6.54 Å². The Morgan fingerprint density at radius 1 is 1.33 bits per heavy atom.